The average molecular weight is 370 g/mol. The summed E-state index contributed by atoms with van der Waals surface area (Å²) in [6.45, 7) is 10.0. The van der Waals surface area contributed by atoms with Gasteiger partial charge in [0.1, 0.15) is 0 Å². The minimum atomic E-state index is -0.178. The summed E-state index contributed by atoms with van der Waals surface area (Å²) in [6, 6.07) is 7.49. The van der Waals surface area contributed by atoms with E-state index < -0.39 is 0 Å². The molecule has 3 N–H and O–H groups in total. The molecular formula is C17H26ClN4OS+. The summed E-state index contributed by atoms with van der Waals surface area (Å²) in [5.41, 5.74) is 0.756. The Morgan fingerprint density at radius 1 is 1.25 bits per heavy atom. The number of amides is 1. The van der Waals surface area contributed by atoms with Gasteiger partial charge in [0.15, 0.2) is 11.7 Å². The molecule has 0 atom stereocenters. The largest absolute Gasteiger partial charge is 0.347 e. The van der Waals surface area contributed by atoms with Crippen LogP contribution in [0.2, 0.25) is 5.02 Å². The highest BCUT2D eigenvalue weighted by atomic mass is 35.5. The molecule has 132 valence electrons. The molecule has 0 radical (unpaired) electrons. The molecule has 0 saturated carbocycles. The Hall–Kier alpha value is -1.37. The van der Waals surface area contributed by atoms with Crippen LogP contribution in [-0.2, 0) is 4.79 Å². The molecule has 1 aliphatic heterocycles. The maximum atomic E-state index is 12.0. The summed E-state index contributed by atoms with van der Waals surface area (Å²) in [5.74, 6) is 0.104. The number of benzene rings is 1. The highest BCUT2D eigenvalue weighted by molar-refractivity contribution is 7.80. The zero-order valence-electron chi connectivity index (χ0n) is 14.5. The van der Waals surface area contributed by atoms with Gasteiger partial charge in [-0.1, -0.05) is 11.6 Å². The van der Waals surface area contributed by atoms with E-state index >= 15 is 0 Å². The van der Waals surface area contributed by atoms with Gasteiger partial charge in [0.25, 0.3) is 5.91 Å². The number of nitrogens with zero attached hydrogens (tertiary/aromatic N) is 1. The molecule has 1 aromatic rings. The third kappa shape index (κ3) is 6.26. The molecule has 0 aliphatic carbocycles. The van der Waals surface area contributed by atoms with E-state index in [2.05, 4.69) is 15.5 Å². The lowest BCUT2D eigenvalue weighted by molar-refractivity contribution is -0.895. The quantitative estimate of drug-likeness (QED) is 0.700. The van der Waals surface area contributed by atoms with Crippen LogP contribution in [0.1, 0.15) is 20.8 Å². The van der Waals surface area contributed by atoms with Crippen molar-refractivity contribution in [2.75, 3.05) is 38.0 Å². The first kappa shape index (κ1) is 19.0. The van der Waals surface area contributed by atoms with Crippen LogP contribution in [0.15, 0.2) is 24.3 Å². The van der Waals surface area contributed by atoms with Gasteiger partial charge in [-0.2, -0.15) is 0 Å². The number of nitrogens with one attached hydrogen (secondary N) is 3. The van der Waals surface area contributed by atoms with Gasteiger partial charge in [-0.05, 0) is 57.3 Å². The molecule has 0 spiro atoms. The van der Waals surface area contributed by atoms with Crippen LogP contribution in [0.5, 0.6) is 0 Å². The molecule has 2 rings (SSSR count). The Bertz CT molecular complexity index is 577. The number of anilines is 1. The molecule has 1 aliphatic rings. The van der Waals surface area contributed by atoms with E-state index in [1.807, 2.05) is 45.0 Å². The smallest absolute Gasteiger partial charge is 0.275 e. The molecule has 1 heterocycles. The second-order valence-corrected chi connectivity index (χ2v) is 7.97. The van der Waals surface area contributed by atoms with Gasteiger partial charge in [-0.3, -0.25) is 4.79 Å². The van der Waals surface area contributed by atoms with Crippen LogP contribution < -0.4 is 15.5 Å². The van der Waals surface area contributed by atoms with E-state index in [1.54, 1.807) is 0 Å². The van der Waals surface area contributed by atoms with Gasteiger partial charge in [0, 0.05) is 16.2 Å². The highest BCUT2D eigenvalue weighted by Gasteiger charge is 2.25. The predicted octanol–water partition coefficient (Wildman–Crippen LogP) is 1.15. The van der Waals surface area contributed by atoms with Crippen molar-refractivity contribution in [2.45, 2.75) is 26.3 Å². The van der Waals surface area contributed by atoms with Crippen LogP contribution in [0, 0.1) is 0 Å². The number of thiocarbonyl (C=S) groups is 1. The first-order valence-electron chi connectivity index (χ1n) is 8.19. The third-order valence-electron chi connectivity index (χ3n) is 3.78. The van der Waals surface area contributed by atoms with E-state index in [0.29, 0.717) is 11.6 Å². The van der Waals surface area contributed by atoms with Crippen LogP contribution in [0.4, 0.5) is 5.69 Å². The predicted molar refractivity (Wildman–Crippen MR) is 103 cm³/mol. The monoisotopic (exact) mass is 369 g/mol. The van der Waals surface area contributed by atoms with Gasteiger partial charge >= 0.3 is 0 Å². The fourth-order valence-corrected chi connectivity index (χ4v) is 3.05. The summed E-state index contributed by atoms with van der Waals surface area (Å²) < 4.78 is 0. The number of halogens is 1. The lowest BCUT2D eigenvalue weighted by atomic mass is 10.1. The number of carbonyl (C=O) groups excluding carboxylic acids is 1. The van der Waals surface area contributed by atoms with Crippen molar-refractivity contribution < 1.29 is 9.69 Å². The Balaban J connectivity index is 1.76. The highest BCUT2D eigenvalue weighted by Crippen LogP contribution is 2.14. The second kappa shape index (κ2) is 8.14. The molecule has 0 unspecified atom stereocenters. The van der Waals surface area contributed by atoms with Gasteiger partial charge in [0.05, 0.1) is 26.2 Å². The van der Waals surface area contributed by atoms with E-state index in [9.17, 15) is 4.79 Å². The van der Waals surface area contributed by atoms with Gasteiger partial charge in [0.2, 0.25) is 0 Å². The molecule has 1 amide bonds. The minimum absolute atomic E-state index is 0.104. The maximum Gasteiger partial charge on any atom is 0.275 e. The van der Waals surface area contributed by atoms with Crippen molar-refractivity contribution in [1.82, 2.24) is 10.2 Å². The minimum Gasteiger partial charge on any atom is -0.347 e. The van der Waals surface area contributed by atoms with Gasteiger partial charge in [-0.15, -0.1) is 0 Å². The molecule has 1 saturated heterocycles. The molecule has 1 aromatic carbocycles. The standard InChI is InChI=1S/C17H25ClN4OS/c1-17(2,3)20-15(23)12-21-8-10-22(11-9-21)16(24)19-14-6-4-13(18)5-7-14/h4-7H,8-12H2,1-3H3,(H,19,24)(H,20,23)/p+1. The van der Waals surface area contributed by atoms with Crippen molar-refractivity contribution >= 4 is 40.5 Å². The van der Waals surface area contributed by atoms with E-state index in [0.717, 1.165) is 37.0 Å². The molecule has 7 heteroatoms. The van der Waals surface area contributed by atoms with E-state index in [1.165, 1.54) is 4.90 Å². The zero-order chi connectivity index (χ0) is 17.7. The van der Waals surface area contributed by atoms with E-state index in [-0.39, 0.29) is 11.4 Å². The van der Waals surface area contributed by atoms with Gasteiger partial charge < -0.3 is 20.4 Å². The summed E-state index contributed by atoms with van der Waals surface area (Å²) in [7, 11) is 0. The molecular weight excluding hydrogens is 344 g/mol. The molecule has 1 fully saturated rings. The Kier molecular flexibility index (Phi) is 6.43. The Labute approximate surface area is 154 Å². The first-order chi connectivity index (χ1) is 11.2. The van der Waals surface area contributed by atoms with Crippen LogP contribution in [0.3, 0.4) is 0 Å². The summed E-state index contributed by atoms with van der Waals surface area (Å²) >= 11 is 11.4. The number of quaternary nitrogens is 1. The third-order valence-corrected chi connectivity index (χ3v) is 4.39. The fraction of sp³-hybridized carbons (Fsp3) is 0.529. The van der Waals surface area contributed by atoms with Gasteiger partial charge in [-0.25, -0.2) is 0 Å². The van der Waals surface area contributed by atoms with E-state index in [4.69, 9.17) is 23.8 Å². The molecule has 5 nitrogen and oxygen atoms in total. The summed E-state index contributed by atoms with van der Waals surface area (Å²) in [5, 5.41) is 7.67. The number of hydrogen-bond donors (Lipinski definition) is 3. The number of rotatable bonds is 3. The lowest BCUT2D eigenvalue weighted by Gasteiger charge is -2.34. The second-order valence-electron chi connectivity index (χ2n) is 7.15. The van der Waals surface area contributed by atoms with Crippen molar-refractivity contribution in [1.29, 1.82) is 0 Å². The zero-order valence-corrected chi connectivity index (χ0v) is 16.1. The maximum absolute atomic E-state index is 12.0. The van der Waals surface area contributed by atoms with Crippen LogP contribution in [0.25, 0.3) is 0 Å². The SMILES string of the molecule is CC(C)(C)NC(=O)C[NH+]1CCN(C(=S)Nc2ccc(Cl)cc2)CC1. The fourth-order valence-electron chi connectivity index (χ4n) is 2.63. The average Bonchev–Trinajstić information content (AvgIpc) is 2.48. The number of carbonyl (C=O) groups is 1. The first-order valence-corrected chi connectivity index (χ1v) is 8.98. The Morgan fingerprint density at radius 2 is 1.83 bits per heavy atom. The van der Waals surface area contributed by atoms with Crippen molar-refractivity contribution in [2.24, 2.45) is 0 Å². The van der Waals surface area contributed by atoms with Crippen molar-refractivity contribution in [3.05, 3.63) is 29.3 Å². The van der Waals surface area contributed by atoms with Crippen molar-refractivity contribution in [3.8, 4) is 0 Å². The summed E-state index contributed by atoms with van der Waals surface area (Å²) in [4.78, 5) is 15.5. The Morgan fingerprint density at radius 3 is 2.38 bits per heavy atom. The van der Waals surface area contributed by atoms with Crippen LogP contribution in [-0.4, -0.2) is 54.2 Å². The number of hydrogen-bond acceptors (Lipinski definition) is 2. The normalized spacial score (nSPS) is 15.9. The molecule has 0 aromatic heterocycles. The van der Waals surface area contributed by atoms with Crippen LogP contribution >= 0.6 is 23.8 Å². The summed E-state index contributed by atoms with van der Waals surface area (Å²) in [6.07, 6.45) is 0. The number of piperazine rings is 1. The topological polar surface area (TPSA) is 48.8 Å². The molecule has 24 heavy (non-hydrogen) atoms. The van der Waals surface area contributed by atoms with Crippen molar-refractivity contribution in [3.63, 3.8) is 0 Å². The lowest BCUT2D eigenvalue weighted by Crippen LogP contribution is -3.16. The molecule has 0 bridgehead atoms.